The van der Waals surface area contributed by atoms with E-state index in [0.29, 0.717) is 6.54 Å². The number of hydrogen-bond acceptors (Lipinski definition) is 4. The molecule has 0 radical (unpaired) electrons. The zero-order chi connectivity index (χ0) is 15.1. The lowest BCUT2D eigenvalue weighted by Gasteiger charge is -2.07. The van der Waals surface area contributed by atoms with E-state index in [1.807, 2.05) is 24.3 Å². The number of benzene rings is 1. The largest absolute Gasteiger partial charge is 0.497 e. The van der Waals surface area contributed by atoms with Gasteiger partial charge in [-0.05, 0) is 40.0 Å². The van der Waals surface area contributed by atoms with E-state index in [4.69, 9.17) is 4.74 Å². The monoisotopic (exact) mass is 350 g/mol. The summed E-state index contributed by atoms with van der Waals surface area (Å²) in [6.45, 7) is 0.523. The summed E-state index contributed by atoms with van der Waals surface area (Å²) in [6.07, 6.45) is 3.87. The Labute approximate surface area is 131 Å². The molecule has 0 bridgehead atoms. The van der Waals surface area contributed by atoms with Gasteiger partial charge in [-0.1, -0.05) is 12.1 Å². The summed E-state index contributed by atoms with van der Waals surface area (Å²) >= 11 is 3.23. The Hall–Kier alpha value is -2.15. The fraction of sp³-hybridized carbons (Fsp3) is 0.214. The van der Waals surface area contributed by atoms with Gasteiger partial charge >= 0.3 is 6.03 Å². The number of urea groups is 1. The number of amides is 2. The molecule has 1 aromatic carbocycles. The average Bonchev–Trinajstić information content (AvgIpc) is 2.50. The van der Waals surface area contributed by atoms with Crippen molar-refractivity contribution in [3.8, 4) is 5.75 Å². The highest BCUT2D eigenvalue weighted by Crippen LogP contribution is 2.11. The van der Waals surface area contributed by atoms with Gasteiger partial charge in [-0.25, -0.2) is 14.8 Å². The highest BCUT2D eigenvalue weighted by atomic mass is 79.9. The van der Waals surface area contributed by atoms with E-state index in [-0.39, 0.29) is 12.0 Å². The lowest BCUT2D eigenvalue weighted by atomic mass is 10.1. The maximum atomic E-state index is 11.7. The SMILES string of the molecule is COc1ccc(CCNC(=O)Nc2ncc(Br)cn2)cc1. The maximum Gasteiger partial charge on any atom is 0.321 e. The second-order valence-electron chi connectivity index (χ2n) is 4.20. The number of halogens is 1. The number of nitrogens with one attached hydrogen (secondary N) is 2. The number of anilines is 1. The van der Waals surface area contributed by atoms with Crippen LogP contribution in [0.2, 0.25) is 0 Å². The van der Waals surface area contributed by atoms with Gasteiger partial charge in [0, 0.05) is 18.9 Å². The Morgan fingerprint density at radius 3 is 2.52 bits per heavy atom. The Morgan fingerprint density at radius 2 is 1.90 bits per heavy atom. The fourth-order valence-electron chi connectivity index (χ4n) is 1.64. The minimum Gasteiger partial charge on any atom is -0.497 e. The number of nitrogens with zero attached hydrogens (tertiary/aromatic N) is 2. The minimum absolute atomic E-state index is 0.264. The molecule has 2 amide bonds. The number of rotatable bonds is 5. The topological polar surface area (TPSA) is 76.1 Å². The van der Waals surface area contributed by atoms with Crippen LogP contribution >= 0.6 is 15.9 Å². The summed E-state index contributed by atoms with van der Waals surface area (Å²) < 4.78 is 5.85. The van der Waals surface area contributed by atoms with E-state index < -0.39 is 0 Å². The first kappa shape index (κ1) is 15.2. The number of carbonyl (C=O) groups is 1. The summed E-state index contributed by atoms with van der Waals surface area (Å²) in [6, 6.07) is 7.40. The summed E-state index contributed by atoms with van der Waals surface area (Å²) in [5.74, 6) is 1.08. The third-order valence-corrected chi connectivity index (χ3v) is 3.11. The molecule has 0 fully saturated rings. The number of methoxy groups -OCH3 is 1. The van der Waals surface area contributed by atoms with Crippen LogP contribution < -0.4 is 15.4 Å². The molecule has 0 unspecified atom stereocenters. The van der Waals surface area contributed by atoms with Gasteiger partial charge in [0.15, 0.2) is 0 Å². The van der Waals surface area contributed by atoms with E-state index >= 15 is 0 Å². The molecule has 1 heterocycles. The predicted octanol–water partition coefficient (Wildman–Crippen LogP) is 2.61. The third-order valence-electron chi connectivity index (χ3n) is 2.70. The predicted molar refractivity (Wildman–Crippen MR) is 83.5 cm³/mol. The van der Waals surface area contributed by atoms with Gasteiger partial charge in [-0.15, -0.1) is 0 Å². The van der Waals surface area contributed by atoms with Gasteiger partial charge in [0.1, 0.15) is 5.75 Å². The Bertz CT molecular complexity index is 587. The number of aromatic nitrogens is 2. The molecule has 0 saturated heterocycles. The minimum atomic E-state index is -0.328. The molecule has 7 heteroatoms. The van der Waals surface area contributed by atoms with Crippen molar-refractivity contribution in [3.63, 3.8) is 0 Å². The first-order chi connectivity index (χ1) is 10.2. The van der Waals surface area contributed by atoms with E-state index in [9.17, 15) is 4.79 Å². The lowest BCUT2D eigenvalue weighted by Crippen LogP contribution is -2.31. The second kappa shape index (κ2) is 7.58. The first-order valence-corrected chi connectivity index (χ1v) is 7.12. The molecule has 0 spiro atoms. The fourth-order valence-corrected chi connectivity index (χ4v) is 1.84. The number of hydrogen-bond donors (Lipinski definition) is 2. The zero-order valence-electron chi connectivity index (χ0n) is 11.5. The van der Waals surface area contributed by atoms with Crippen molar-refractivity contribution in [2.75, 3.05) is 19.0 Å². The molecule has 6 nitrogen and oxygen atoms in total. The molecule has 0 aliphatic heterocycles. The highest BCUT2D eigenvalue weighted by Gasteiger charge is 2.03. The van der Waals surface area contributed by atoms with Gasteiger partial charge in [0.2, 0.25) is 5.95 Å². The van der Waals surface area contributed by atoms with E-state index in [1.54, 1.807) is 19.5 Å². The van der Waals surface area contributed by atoms with Crippen molar-refractivity contribution in [1.29, 1.82) is 0 Å². The van der Waals surface area contributed by atoms with Crippen molar-refractivity contribution in [2.45, 2.75) is 6.42 Å². The molecule has 0 aliphatic carbocycles. The van der Waals surface area contributed by atoms with Crippen molar-refractivity contribution >= 4 is 27.9 Å². The Balaban J connectivity index is 1.74. The molecular formula is C14H15BrN4O2. The molecule has 0 saturated carbocycles. The molecule has 21 heavy (non-hydrogen) atoms. The maximum absolute atomic E-state index is 11.7. The van der Waals surface area contributed by atoms with Crippen LogP contribution in [0, 0.1) is 0 Å². The van der Waals surface area contributed by atoms with Crippen molar-refractivity contribution in [3.05, 3.63) is 46.7 Å². The lowest BCUT2D eigenvalue weighted by molar-refractivity contribution is 0.252. The van der Waals surface area contributed by atoms with Crippen LogP contribution in [0.4, 0.5) is 10.7 Å². The van der Waals surface area contributed by atoms with Gasteiger partial charge in [0.25, 0.3) is 0 Å². The molecule has 2 aromatic rings. The van der Waals surface area contributed by atoms with Gasteiger partial charge in [-0.2, -0.15) is 0 Å². The first-order valence-electron chi connectivity index (χ1n) is 6.32. The zero-order valence-corrected chi connectivity index (χ0v) is 13.1. The van der Waals surface area contributed by atoms with E-state index in [0.717, 1.165) is 22.2 Å². The third kappa shape index (κ3) is 5.03. The van der Waals surface area contributed by atoms with Crippen LogP contribution in [0.15, 0.2) is 41.1 Å². The van der Waals surface area contributed by atoms with Gasteiger partial charge in [0.05, 0.1) is 11.6 Å². The van der Waals surface area contributed by atoms with E-state index in [1.165, 1.54) is 0 Å². The second-order valence-corrected chi connectivity index (χ2v) is 5.12. The summed E-state index contributed by atoms with van der Waals surface area (Å²) in [5, 5.41) is 5.31. The summed E-state index contributed by atoms with van der Waals surface area (Å²) in [4.78, 5) is 19.6. The van der Waals surface area contributed by atoms with Crippen molar-refractivity contribution in [1.82, 2.24) is 15.3 Å². The number of ether oxygens (including phenoxy) is 1. The van der Waals surface area contributed by atoms with Crippen LogP contribution in [0.5, 0.6) is 5.75 Å². The van der Waals surface area contributed by atoms with Crippen molar-refractivity contribution < 1.29 is 9.53 Å². The Morgan fingerprint density at radius 1 is 1.24 bits per heavy atom. The molecule has 1 aromatic heterocycles. The Kier molecular flexibility index (Phi) is 5.51. The molecular weight excluding hydrogens is 336 g/mol. The van der Waals surface area contributed by atoms with Crippen LogP contribution in [-0.2, 0) is 6.42 Å². The molecule has 0 aliphatic rings. The highest BCUT2D eigenvalue weighted by molar-refractivity contribution is 9.10. The molecule has 110 valence electrons. The normalized spacial score (nSPS) is 10.0. The van der Waals surface area contributed by atoms with Crippen LogP contribution in [0.3, 0.4) is 0 Å². The average molecular weight is 351 g/mol. The summed E-state index contributed by atoms with van der Waals surface area (Å²) in [5.41, 5.74) is 1.12. The van der Waals surface area contributed by atoms with Gasteiger partial charge < -0.3 is 10.1 Å². The standard InChI is InChI=1S/C14H15BrN4O2/c1-21-12-4-2-10(3-5-12)6-7-16-14(20)19-13-17-8-11(15)9-18-13/h2-5,8-9H,6-7H2,1H3,(H2,16,17,18,19,20). The van der Waals surface area contributed by atoms with Crippen molar-refractivity contribution in [2.24, 2.45) is 0 Å². The number of carbonyl (C=O) groups excluding carboxylic acids is 1. The van der Waals surface area contributed by atoms with Crippen LogP contribution in [0.25, 0.3) is 0 Å². The quantitative estimate of drug-likeness (QED) is 0.868. The molecule has 2 rings (SSSR count). The van der Waals surface area contributed by atoms with Gasteiger partial charge in [-0.3, -0.25) is 5.32 Å². The molecule has 0 atom stereocenters. The molecule has 2 N–H and O–H groups in total. The smallest absolute Gasteiger partial charge is 0.321 e. The summed E-state index contributed by atoms with van der Waals surface area (Å²) in [7, 11) is 1.63. The van der Waals surface area contributed by atoms with E-state index in [2.05, 4.69) is 36.5 Å². The van der Waals surface area contributed by atoms with Crippen LogP contribution in [0.1, 0.15) is 5.56 Å². The van der Waals surface area contributed by atoms with Crippen LogP contribution in [-0.4, -0.2) is 29.7 Å².